The number of phenols is 1. The van der Waals surface area contributed by atoms with Gasteiger partial charge in [0.05, 0.1) is 11.6 Å². The van der Waals surface area contributed by atoms with E-state index in [2.05, 4.69) is 25.6 Å². The third-order valence-corrected chi connectivity index (χ3v) is 2.89. The van der Waals surface area contributed by atoms with Crippen LogP contribution in [0.1, 0.15) is 10.6 Å². The Kier molecular flexibility index (Phi) is 3.24. The maximum Gasteiger partial charge on any atom is 0.374 e. The number of carboxylic acids is 1. The summed E-state index contributed by atoms with van der Waals surface area (Å²) in [5, 5.41) is 22.1. The summed E-state index contributed by atoms with van der Waals surface area (Å²) in [7, 11) is 1.48. The SMILES string of the molecule is COc1cc(-c2cc(C(=O)O)on2)c(O)cc1Br. The van der Waals surface area contributed by atoms with Crippen molar-refractivity contribution >= 4 is 21.9 Å². The van der Waals surface area contributed by atoms with Crippen LogP contribution in [0.3, 0.4) is 0 Å². The van der Waals surface area contributed by atoms with Crippen molar-refractivity contribution in [2.24, 2.45) is 0 Å². The molecule has 0 fully saturated rings. The number of nitrogens with zero attached hydrogens (tertiary/aromatic N) is 1. The molecule has 0 aliphatic rings. The summed E-state index contributed by atoms with van der Waals surface area (Å²) in [5.41, 5.74) is 0.544. The first-order valence-electron chi connectivity index (χ1n) is 4.80. The van der Waals surface area contributed by atoms with Crippen molar-refractivity contribution < 1.29 is 24.3 Å². The summed E-state index contributed by atoms with van der Waals surface area (Å²) in [6.07, 6.45) is 0. The van der Waals surface area contributed by atoms with Crippen LogP contribution in [0.5, 0.6) is 11.5 Å². The van der Waals surface area contributed by atoms with Crippen molar-refractivity contribution in [3.05, 3.63) is 28.4 Å². The Balaban J connectivity index is 2.52. The van der Waals surface area contributed by atoms with Crippen LogP contribution in [0, 0.1) is 0 Å². The van der Waals surface area contributed by atoms with Gasteiger partial charge in [-0.25, -0.2) is 4.79 Å². The average Bonchev–Trinajstić information content (AvgIpc) is 2.78. The van der Waals surface area contributed by atoms with Crippen LogP contribution in [-0.4, -0.2) is 28.4 Å². The summed E-state index contributed by atoms with van der Waals surface area (Å²) >= 11 is 3.22. The van der Waals surface area contributed by atoms with Gasteiger partial charge >= 0.3 is 5.97 Å². The van der Waals surface area contributed by atoms with Gasteiger partial charge in [0.1, 0.15) is 17.2 Å². The number of ether oxygens (including phenoxy) is 1. The molecule has 0 atom stereocenters. The highest BCUT2D eigenvalue weighted by molar-refractivity contribution is 9.10. The van der Waals surface area contributed by atoms with Crippen molar-refractivity contribution in [2.75, 3.05) is 7.11 Å². The van der Waals surface area contributed by atoms with Gasteiger partial charge in [-0.2, -0.15) is 0 Å². The van der Waals surface area contributed by atoms with E-state index in [0.29, 0.717) is 15.8 Å². The van der Waals surface area contributed by atoms with Gasteiger partial charge in [0.2, 0.25) is 5.76 Å². The molecule has 0 spiro atoms. The smallest absolute Gasteiger partial charge is 0.374 e. The zero-order valence-electron chi connectivity index (χ0n) is 9.18. The second-order valence-corrected chi connectivity index (χ2v) is 4.24. The van der Waals surface area contributed by atoms with Crippen LogP contribution in [0.4, 0.5) is 0 Å². The standard InChI is InChI=1S/C11H8BrNO5/c1-17-9-2-5(8(14)3-6(9)12)7-4-10(11(15)16)18-13-7/h2-4,14H,1H3,(H,15,16). The van der Waals surface area contributed by atoms with Gasteiger partial charge in [0.15, 0.2) is 0 Å². The fourth-order valence-electron chi connectivity index (χ4n) is 1.41. The zero-order valence-corrected chi connectivity index (χ0v) is 10.8. The average molecular weight is 314 g/mol. The van der Waals surface area contributed by atoms with Gasteiger partial charge < -0.3 is 19.5 Å². The Morgan fingerprint density at radius 2 is 2.17 bits per heavy atom. The van der Waals surface area contributed by atoms with E-state index in [0.717, 1.165) is 0 Å². The van der Waals surface area contributed by atoms with Gasteiger partial charge in [0.25, 0.3) is 0 Å². The molecule has 0 unspecified atom stereocenters. The van der Waals surface area contributed by atoms with Gasteiger partial charge in [-0.05, 0) is 28.1 Å². The highest BCUT2D eigenvalue weighted by Gasteiger charge is 2.16. The third kappa shape index (κ3) is 2.17. The topological polar surface area (TPSA) is 92.8 Å². The van der Waals surface area contributed by atoms with Crippen LogP contribution in [0.2, 0.25) is 0 Å². The number of benzene rings is 1. The maximum absolute atomic E-state index is 10.7. The Bertz CT molecular complexity index is 607. The van der Waals surface area contributed by atoms with Crippen molar-refractivity contribution in [1.82, 2.24) is 5.16 Å². The first kappa shape index (κ1) is 12.4. The lowest BCUT2D eigenvalue weighted by atomic mass is 10.1. The molecular weight excluding hydrogens is 306 g/mol. The van der Waals surface area contributed by atoms with E-state index in [1.54, 1.807) is 0 Å². The lowest BCUT2D eigenvalue weighted by molar-refractivity contribution is 0.0652. The number of aromatic hydroxyl groups is 1. The predicted molar refractivity (Wildman–Crippen MR) is 64.8 cm³/mol. The molecule has 7 heteroatoms. The van der Waals surface area contributed by atoms with Crippen LogP contribution in [-0.2, 0) is 0 Å². The monoisotopic (exact) mass is 313 g/mol. The highest BCUT2D eigenvalue weighted by atomic mass is 79.9. The van der Waals surface area contributed by atoms with E-state index in [4.69, 9.17) is 9.84 Å². The van der Waals surface area contributed by atoms with Crippen LogP contribution in [0.25, 0.3) is 11.3 Å². The quantitative estimate of drug-likeness (QED) is 0.904. The molecule has 0 aliphatic heterocycles. The summed E-state index contributed by atoms with van der Waals surface area (Å²) in [6.45, 7) is 0. The predicted octanol–water partition coefficient (Wildman–Crippen LogP) is 2.52. The van der Waals surface area contributed by atoms with Gasteiger partial charge in [-0.3, -0.25) is 0 Å². The number of halogens is 1. The number of hydrogen-bond acceptors (Lipinski definition) is 5. The summed E-state index contributed by atoms with van der Waals surface area (Å²) in [5.74, 6) is -1.10. The molecule has 0 radical (unpaired) electrons. The Morgan fingerprint density at radius 1 is 1.44 bits per heavy atom. The maximum atomic E-state index is 10.7. The Labute approximate surface area is 110 Å². The van der Waals surface area contributed by atoms with E-state index in [1.165, 1.54) is 25.3 Å². The molecule has 0 saturated heterocycles. The van der Waals surface area contributed by atoms with Crippen molar-refractivity contribution in [3.8, 4) is 22.8 Å². The molecule has 2 aromatic rings. The number of rotatable bonds is 3. The zero-order chi connectivity index (χ0) is 13.3. The second kappa shape index (κ2) is 4.69. The number of aromatic carboxylic acids is 1. The number of carbonyl (C=O) groups is 1. The molecule has 1 aromatic heterocycles. The van der Waals surface area contributed by atoms with Gasteiger partial charge in [0, 0.05) is 11.6 Å². The molecule has 0 amide bonds. The van der Waals surface area contributed by atoms with Crippen LogP contribution in [0.15, 0.2) is 27.2 Å². The Hall–Kier alpha value is -2.02. The molecule has 0 aliphatic carbocycles. The minimum Gasteiger partial charge on any atom is -0.507 e. The summed E-state index contributed by atoms with van der Waals surface area (Å²) in [4.78, 5) is 10.7. The molecular formula is C11H8BrNO5. The molecule has 18 heavy (non-hydrogen) atoms. The normalized spacial score (nSPS) is 10.3. The Morgan fingerprint density at radius 3 is 2.72 bits per heavy atom. The number of phenolic OH excluding ortho intramolecular Hbond substituents is 1. The number of aromatic nitrogens is 1. The molecule has 0 saturated carbocycles. The van der Waals surface area contributed by atoms with Crippen LogP contribution >= 0.6 is 15.9 Å². The number of hydrogen-bond donors (Lipinski definition) is 2. The lowest BCUT2D eigenvalue weighted by Gasteiger charge is -2.06. The van der Waals surface area contributed by atoms with E-state index >= 15 is 0 Å². The second-order valence-electron chi connectivity index (χ2n) is 3.39. The summed E-state index contributed by atoms with van der Waals surface area (Å²) < 4.78 is 10.3. The van der Waals surface area contributed by atoms with E-state index in [9.17, 15) is 9.90 Å². The molecule has 2 N–H and O–H groups in total. The fourth-order valence-corrected chi connectivity index (χ4v) is 1.90. The minimum atomic E-state index is -1.22. The largest absolute Gasteiger partial charge is 0.507 e. The molecule has 94 valence electrons. The van der Waals surface area contributed by atoms with E-state index in [1.807, 2.05) is 0 Å². The van der Waals surface area contributed by atoms with E-state index in [-0.39, 0.29) is 17.2 Å². The molecule has 0 bridgehead atoms. The van der Waals surface area contributed by atoms with Gasteiger partial charge in [-0.15, -0.1) is 0 Å². The number of methoxy groups -OCH3 is 1. The first-order chi connectivity index (χ1) is 8.52. The van der Waals surface area contributed by atoms with Crippen molar-refractivity contribution in [2.45, 2.75) is 0 Å². The molecule has 1 aromatic carbocycles. The van der Waals surface area contributed by atoms with Gasteiger partial charge in [-0.1, -0.05) is 5.16 Å². The molecule has 2 rings (SSSR count). The van der Waals surface area contributed by atoms with Crippen LogP contribution < -0.4 is 4.74 Å². The highest BCUT2D eigenvalue weighted by Crippen LogP contribution is 2.37. The minimum absolute atomic E-state index is 0.0621. The molecule has 6 nitrogen and oxygen atoms in total. The summed E-state index contributed by atoms with van der Waals surface area (Å²) in [6, 6.07) is 4.19. The van der Waals surface area contributed by atoms with Crippen molar-refractivity contribution in [1.29, 1.82) is 0 Å². The van der Waals surface area contributed by atoms with E-state index < -0.39 is 5.97 Å². The molecule has 1 heterocycles. The fraction of sp³-hybridized carbons (Fsp3) is 0.0909. The first-order valence-corrected chi connectivity index (χ1v) is 5.59. The lowest BCUT2D eigenvalue weighted by Crippen LogP contribution is -1.91. The number of carboxylic acid groups (broad SMARTS) is 1. The third-order valence-electron chi connectivity index (χ3n) is 2.27. The van der Waals surface area contributed by atoms with Crippen molar-refractivity contribution in [3.63, 3.8) is 0 Å².